The van der Waals surface area contributed by atoms with Crippen LogP contribution in [-0.4, -0.2) is 49.1 Å². The molecule has 1 heterocycles. The Balaban J connectivity index is 1.52. The summed E-state index contributed by atoms with van der Waals surface area (Å²) in [5.74, 6) is 0.324. The van der Waals surface area contributed by atoms with E-state index in [-0.39, 0.29) is 5.82 Å². The van der Waals surface area contributed by atoms with Gasteiger partial charge in [0.25, 0.3) is 0 Å². The van der Waals surface area contributed by atoms with Crippen molar-refractivity contribution in [3.8, 4) is 0 Å². The molecule has 3 rings (SSSR count). The average molecular weight is 356 g/mol. The Hall–Kier alpha value is -1.75. The van der Waals surface area contributed by atoms with Crippen LogP contribution >= 0.6 is 0 Å². The molecule has 140 valence electrons. The van der Waals surface area contributed by atoms with Crippen LogP contribution in [0, 0.1) is 11.7 Å². The number of nitrogens with zero attached hydrogens (tertiary/aromatic N) is 2. The second kappa shape index (κ2) is 9.26. The molecule has 1 saturated heterocycles. The van der Waals surface area contributed by atoms with Gasteiger partial charge in [0, 0.05) is 25.7 Å². The lowest BCUT2D eigenvalue weighted by Crippen LogP contribution is -2.52. The Morgan fingerprint density at radius 3 is 2.50 bits per heavy atom. The maximum atomic E-state index is 13.0. The monoisotopic (exact) mass is 355 g/mol. The zero-order valence-electron chi connectivity index (χ0n) is 15.7. The molecule has 26 heavy (non-hydrogen) atoms. The van der Waals surface area contributed by atoms with E-state index in [0.29, 0.717) is 12.0 Å². The summed E-state index contributed by atoms with van der Waals surface area (Å²) in [7, 11) is 2.22. The summed E-state index contributed by atoms with van der Waals surface area (Å²) in [6.07, 6.45) is 2.11. The first kappa shape index (κ1) is 19.0. The molecule has 0 bridgehead atoms. The standard InChI is InChI=1S/C22H30FN3/c1-25(16-19-5-3-2-4-6-19)22-12-14-26(17-20(22)15-24)13-11-18-7-9-21(23)10-8-18/h2-10,20,22H,11-17,24H2,1H3/t20-,22-/m0/s1. The van der Waals surface area contributed by atoms with E-state index in [1.54, 1.807) is 12.1 Å². The van der Waals surface area contributed by atoms with Gasteiger partial charge in [-0.1, -0.05) is 42.5 Å². The van der Waals surface area contributed by atoms with E-state index in [1.165, 1.54) is 11.1 Å². The minimum Gasteiger partial charge on any atom is -0.330 e. The SMILES string of the molecule is CN(Cc1ccccc1)[C@H]1CCN(CCc2ccc(F)cc2)C[C@@H]1CN. The lowest BCUT2D eigenvalue weighted by molar-refractivity contribution is 0.0716. The van der Waals surface area contributed by atoms with E-state index in [2.05, 4.69) is 47.2 Å². The van der Waals surface area contributed by atoms with Crippen LogP contribution in [0.5, 0.6) is 0 Å². The van der Waals surface area contributed by atoms with E-state index in [4.69, 9.17) is 5.73 Å². The second-order valence-electron chi connectivity index (χ2n) is 7.43. The summed E-state index contributed by atoms with van der Waals surface area (Å²) in [4.78, 5) is 4.97. The number of rotatable bonds is 7. The number of nitrogens with two attached hydrogens (primary N) is 1. The Labute approximate surface area is 156 Å². The van der Waals surface area contributed by atoms with E-state index < -0.39 is 0 Å². The van der Waals surface area contributed by atoms with Crippen LogP contribution in [0.15, 0.2) is 54.6 Å². The quantitative estimate of drug-likeness (QED) is 0.828. The number of hydrogen-bond acceptors (Lipinski definition) is 3. The molecule has 0 spiro atoms. The molecule has 0 unspecified atom stereocenters. The number of hydrogen-bond donors (Lipinski definition) is 1. The Kier molecular flexibility index (Phi) is 6.78. The van der Waals surface area contributed by atoms with Crippen molar-refractivity contribution in [1.29, 1.82) is 0 Å². The lowest BCUT2D eigenvalue weighted by atomic mass is 9.90. The number of benzene rings is 2. The largest absolute Gasteiger partial charge is 0.330 e. The van der Waals surface area contributed by atoms with Gasteiger partial charge in [-0.05, 0) is 62.2 Å². The normalized spacial score (nSPS) is 21.2. The van der Waals surface area contributed by atoms with Crippen molar-refractivity contribution in [1.82, 2.24) is 9.80 Å². The highest BCUT2D eigenvalue weighted by Gasteiger charge is 2.30. The summed E-state index contributed by atoms with van der Waals surface area (Å²) in [6.45, 7) is 4.84. The maximum Gasteiger partial charge on any atom is 0.123 e. The zero-order valence-corrected chi connectivity index (χ0v) is 15.7. The van der Waals surface area contributed by atoms with Crippen molar-refractivity contribution < 1.29 is 4.39 Å². The summed E-state index contributed by atoms with van der Waals surface area (Å²) >= 11 is 0. The molecule has 2 atom stereocenters. The fourth-order valence-corrected chi connectivity index (χ4v) is 4.04. The second-order valence-corrected chi connectivity index (χ2v) is 7.43. The molecule has 0 saturated carbocycles. The highest BCUT2D eigenvalue weighted by atomic mass is 19.1. The van der Waals surface area contributed by atoms with Gasteiger partial charge in [-0.15, -0.1) is 0 Å². The molecular formula is C22H30FN3. The molecule has 0 aromatic heterocycles. The third kappa shape index (κ3) is 5.13. The Morgan fingerprint density at radius 1 is 1.08 bits per heavy atom. The first-order chi connectivity index (χ1) is 12.7. The van der Waals surface area contributed by atoms with Gasteiger partial charge in [-0.25, -0.2) is 4.39 Å². The van der Waals surface area contributed by atoms with Gasteiger partial charge in [-0.3, -0.25) is 4.90 Å². The molecule has 0 radical (unpaired) electrons. The molecule has 1 fully saturated rings. The van der Waals surface area contributed by atoms with Crippen LogP contribution in [0.1, 0.15) is 17.5 Å². The van der Waals surface area contributed by atoms with Crippen molar-refractivity contribution >= 4 is 0 Å². The fraction of sp³-hybridized carbons (Fsp3) is 0.455. The molecule has 2 aromatic carbocycles. The molecule has 2 N–H and O–H groups in total. The third-order valence-corrected chi connectivity index (χ3v) is 5.55. The van der Waals surface area contributed by atoms with E-state index in [1.807, 2.05) is 12.1 Å². The van der Waals surface area contributed by atoms with Crippen LogP contribution in [0.2, 0.25) is 0 Å². The van der Waals surface area contributed by atoms with Crippen molar-refractivity contribution in [2.75, 3.05) is 33.2 Å². The molecule has 4 heteroatoms. The highest BCUT2D eigenvalue weighted by molar-refractivity contribution is 5.16. The molecule has 1 aliphatic rings. The summed E-state index contributed by atoms with van der Waals surface area (Å²) in [6, 6.07) is 18.0. The predicted molar refractivity (Wildman–Crippen MR) is 105 cm³/mol. The molecule has 0 amide bonds. The van der Waals surface area contributed by atoms with Crippen molar-refractivity contribution in [2.24, 2.45) is 11.7 Å². The molecular weight excluding hydrogens is 325 g/mol. The molecule has 0 aliphatic carbocycles. The van der Waals surface area contributed by atoms with Gasteiger partial charge in [-0.2, -0.15) is 0 Å². The van der Waals surface area contributed by atoms with Gasteiger partial charge >= 0.3 is 0 Å². The maximum absolute atomic E-state index is 13.0. The van der Waals surface area contributed by atoms with E-state index >= 15 is 0 Å². The molecule has 2 aromatic rings. The summed E-state index contributed by atoms with van der Waals surface area (Å²) in [5, 5.41) is 0. The fourth-order valence-electron chi connectivity index (χ4n) is 4.04. The van der Waals surface area contributed by atoms with Gasteiger partial charge in [0.2, 0.25) is 0 Å². The third-order valence-electron chi connectivity index (χ3n) is 5.55. The highest BCUT2D eigenvalue weighted by Crippen LogP contribution is 2.23. The van der Waals surface area contributed by atoms with Crippen LogP contribution in [0.3, 0.4) is 0 Å². The minimum absolute atomic E-state index is 0.167. The average Bonchev–Trinajstić information content (AvgIpc) is 2.68. The van der Waals surface area contributed by atoms with Gasteiger partial charge in [0.05, 0.1) is 0 Å². The van der Waals surface area contributed by atoms with Gasteiger partial charge in [0.15, 0.2) is 0 Å². The van der Waals surface area contributed by atoms with E-state index in [0.717, 1.165) is 45.6 Å². The van der Waals surface area contributed by atoms with Crippen molar-refractivity contribution in [2.45, 2.75) is 25.4 Å². The topological polar surface area (TPSA) is 32.5 Å². The van der Waals surface area contributed by atoms with Crippen LogP contribution in [-0.2, 0) is 13.0 Å². The van der Waals surface area contributed by atoms with Gasteiger partial charge in [0.1, 0.15) is 5.82 Å². The Bertz CT molecular complexity index is 659. The van der Waals surface area contributed by atoms with E-state index in [9.17, 15) is 4.39 Å². The summed E-state index contributed by atoms with van der Waals surface area (Å²) in [5.41, 5.74) is 8.66. The zero-order chi connectivity index (χ0) is 18.4. The number of halogens is 1. The molecule has 1 aliphatic heterocycles. The number of piperidine rings is 1. The molecule has 3 nitrogen and oxygen atoms in total. The predicted octanol–water partition coefficient (Wildman–Crippen LogP) is 3.15. The van der Waals surface area contributed by atoms with Crippen LogP contribution in [0.25, 0.3) is 0 Å². The van der Waals surface area contributed by atoms with Crippen molar-refractivity contribution in [3.05, 3.63) is 71.5 Å². The first-order valence-electron chi connectivity index (χ1n) is 9.56. The smallest absolute Gasteiger partial charge is 0.123 e. The first-order valence-corrected chi connectivity index (χ1v) is 9.56. The van der Waals surface area contributed by atoms with Crippen molar-refractivity contribution in [3.63, 3.8) is 0 Å². The van der Waals surface area contributed by atoms with Crippen LogP contribution < -0.4 is 5.73 Å². The van der Waals surface area contributed by atoms with Gasteiger partial charge < -0.3 is 10.6 Å². The minimum atomic E-state index is -0.167. The number of likely N-dealkylation sites (tertiary alicyclic amines) is 1. The van der Waals surface area contributed by atoms with Crippen LogP contribution in [0.4, 0.5) is 4.39 Å². The lowest BCUT2D eigenvalue weighted by Gasteiger charge is -2.42. The summed E-state index contributed by atoms with van der Waals surface area (Å²) < 4.78 is 13.0. The Morgan fingerprint density at radius 2 is 1.81 bits per heavy atom.